The summed E-state index contributed by atoms with van der Waals surface area (Å²) < 4.78 is 0. The van der Waals surface area contributed by atoms with Gasteiger partial charge in [0.05, 0.1) is 0 Å². The highest BCUT2D eigenvalue weighted by atomic mass is 32.2. The van der Waals surface area contributed by atoms with E-state index in [-0.39, 0.29) is 0 Å². The molecule has 0 aliphatic heterocycles. The van der Waals surface area contributed by atoms with Crippen molar-refractivity contribution in [3.05, 3.63) is 0 Å². The molecule has 1 N–H and O–H groups in total. The van der Waals surface area contributed by atoms with Crippen LogP contribution in [0.2, 0.25) is 0 Å². The van der Waals surface area contributed by atoms with Gasteiger partial charge in [-0.15, -0.1) is 0 Å². The van der Waals surface area contributed by atoms with Crippen LogP contribution in [0.1, 0.15) is 71.6 Å². The third kappa shape index (κ3) is 4.67. The Hall–Kier alpha value is 0.310. The molecule has 2 rings (SSSR count). The van der Waals surface area contributed by atoms with Crippen LogP contribution < -0.4 is 5.32 Å². The van der Waals surface area contributed by atoms with Gasteiger partial charge in [0.2, 0.25) is 0 Å². The molecule has 5 unspecified atom stereocenters. The minimum Gasteiger partial charge on any atom is -0.316 e. The van der Waals surface area contributed by atoms with E-state index in [9.17, 15) is 0 Å². The Labute approximate surface area is 124 Å². The molecular weight excluding hydrogens is 250 g/mol. The lowest BCUT2D eigenvalue weighted by Crippen LogP contribution is -2.42. The third-order valence-corrected chi connectivity index (χ3v) is 6.91. The molecular formula is C17H33NS. The Morgan fingerprint density at radius 1 is 1.11 bits per heavy atom. The van der Waals surface area contributed by atoms with Gasteiger partial charge in [0.25, 0.3) is 0 Å². The van der Waals surface area contributed by atoms with Crippen molar-refractivity contribution in [2.75, 3.05) is 7.05 Å². The highest BCUT2D eigenvalue weighted by Gasteiger charge is 2.32. The van der Waals surface area contributed by atoms with Crippen LogP contribution in [-0.2, 0) is 0 Å². The number of thioether (sulfide) groups is 1. The fourth-order valence-electron chi connectivity index (χ4n) is 4.11. The van der Waals surface area contributed by atoms with E-state index < -0.39 is 0 Å². The normalized spacial score (nSPS) is 40.3. The highest BCUT2D eigenvalue weighted by Crippen LogP contribution is 2.41. The molecule has 0 aromatic rings. The van der Waals surface area contributed by atoms with Crippen LogP contribution in [0.25, 0.3) is 0 Å². The van der Waals surface area contributed by atoms with Gasteiger partial charge in [0.15, 0.2) is 0 Å². The second-order valence-corrected chi connectivity index (χ2v) is 8.48. The Bertz CT molecular complexity index is 256. The topological polar surface area (TPSA) is 12.0 Å². The van der Waals surface area contributed by atoms with Gasteiger partial charge in [-0.1, -0.05) is 39.5 Å². The van der Waals surface area contributed by atoms with Gasteiger partial charge in [-0.2, -0.15) is 11.8 Å². The maximum absolute atomic E-state index is 3.60. The van der Waals surface area contributed by atoms with E-state index in [1.54, 1.807) is 0 Å². The van der Waals surface area contributed by atoms with Crippen LogP contribution in [0.4, 0.5) is 0 Å². The molecule has 2 saturated carbocycles. The molecule has 2 aliphatic carbocycles. The van der Waals surface area contributed by atoms with E-state index in [1.165, 1.54) is 57.8 Å². The molecule has 0 heterocycles. The minimum atomic E-state index is 0.773. The van der Waals surface area contributed by atoms with Gasteiger partial charge in [-0.25, -0.2) is 0 Å². The van der Waals surface area contributed by atoms with Crippen LogP contribution in [0.5, 0.6) is 0 Å². The summed E-state index contributed by atoms with van der Waals surface area (Å²) in [5.74, 6) is 1.97. The average Bonchev–Trinajstić information content (AvgIpc) is 2.39. The van der Waals surface area contributed by atoms with E-state index >= 15 is 0 Å². The van der Waals surface area contributed by atoms with Crippen molar-refractivity contribution in [3.8, 4) is 0 Å². The van der Waals surface area contributed by atoms with E-state index in [0.717, 1.165) is 28.4 Å². The molecule has 5 atom stereocenters. The predicted molar refractivity (Wildman–Crippen MR) is 87.9 cm³/mol. The molecule has 0 amide bonds. The van der Waals surface area contributed by atoms with Gasteiger partial charge >= 0.3 is 0 Å². The number of rotatable bonds is 5. The summed E-state index contributed by atoms with van der Waals surface area (Å²) in [6.45, 7) is 4.79. The SMILES string of the molecule is CCCC1CCC(NC)C(SC2CCCC(C)C2)C1. The second kappa shape index (κ2) is 7.93. The molecule has 2 heteroatoms. The summed E-state index contributed by atoms with van der Waals surface area (Å²) in [6.07, 6.45) is 13.0. The smallest absolute Gasteiger partial charge is 0.0206 e. The molecule has 0 radical (unpaired) electrons. The first kappa shape index (κ1) is 15.7. The van der Waals surface area contributed by atoms with Crippen LogP contribution >= 0.6 is 11.8 Å². The van der Waals surface area contributed by atoms with Crippen LogP contribution in [0, 0.1) is 11.8 Å². The maximum atomic E-state index is 3.60. The Kier molecular flexibility index (Phi) is 6.55. The largest absolute Gasteiger partial charge is 0.316 e. The van der Waals surface area contributed by atoms with E-state index in [1.807, 2.05) is 0 Å². The maximum Gasteiger partial charge on any atom is 0.0206 e. The van der Waals surface area contributed by atoms with E-state index in [0.29, 0.717) is 0 Å². The molecule has 112 valence electrons. The summed E-state index contributed by atoms with van der Waals surface area (Å²) in [5, 5.41) is 5.43. The molecule has 0 aromatic heterocycles. The lowest BCUT2D eigenvalue weighted by Gasteiger charge is -2.39. The summed E-state index contributed by atoms with van der Waals surface area (Å²) in [5.41, 5.74) is 0. The Balaban J connectivity index is 1.86. The van der Waals surface area contributed by atoms with Crippen molar-refractivity contribution in [3.63, 3.8) is 0 Å². The first-order valence-electron chi connectivity index (χ1n) is 8.55. The molecule has 0 saturated heterocycles. The van der Waals surface area contributed by atoms with Crippen molar-refractivity contribution < 1.29 is 0 Å². The molecule has 1 nitrogen and oxygen atoms in total. The molecule has 2 aliphatic rings. The van der Waals surface area contributed by atoms with Gasteiger partial charge in [-0.3, -0.25) is 0 Å². The third-order valence-electron chi connectivity index (χ3n) is 5.22. The van der Waals surface area contributed by atoms with Crippen LogP contribution in [-0.4, -0.2) is 23.6 Å². The van der Waals surface area contributed by atoms with Gasteiger partial charge < -0.3 is 5.32 Å². The average molecular weight is 284 g/mol. The summed E-state index contributed by atoms with van der Waals surface area (Å²) in [7, 11) is 2.17. The molecule has 19 heavy (non-hydrogen) atoms. The van der Waals surface area contributed by atoms with Gasteiger partial charge in [0, 0.05) is 16.5 Å². The van der Waals surface area contributed by atoms with Crippen LogP contribution in [0.3, 0.4) is 0 Å². The lowest BCUT2D eigenvalue weighted by molar-refractivity contribution is 0.294. The molecule has 0 bridgehead atoms. The van der Waals surface area contributed by atoms with E-state index in [2.05, 4.69) is 38.0 Å². The summed E-state index contributed by atoms with van der Waals surface area (Å²) in [6, 6.07) is 0.773. The molecule has 0 aromatic carbocycles. The number of hydrogen-bond acceptors (Lipinski definition) is 2. The monoisotopic (exact) mass is 283 g/mol. The van der Waals surface area contributed by atoms with E-state index in [4.69, 9.17) is 0 Å². The zero-order valence-corrected chi connectivity index (χ0v) is 14.0. The van der Waals surface area contributed by atoms with Crippen molar-refractivity contribution in [1.82, 2.24) is 5.32 Å². The fraction of sp³-hybridized carbons (Fsp3) is 1.00. The van der Waals surface area contributed by atoms with Crippen molar-refractivity contribution >= 4 is 11.8 Å². The van der Waals surface area contributed by atoms with Gasteiger partial charge in [-0.05, 0) is 51.0 Å². The summed E-state index contributed by atoms with van der Waals surface area (Å²) >= 11 is 2.35. The van der Waals surface area contributed by atoms with Crippen molar-refractivity contribution in [2.45, 2.75) is 88.2 Å². The minimum absolute atomic E-state index is 0.773. The number of nitrogens with one attached hydrogen (secondary N) is 1. The number of hydrogen-bond donors (Lipinski definition) is 1. The zero-order chi connectivity index (χ0) is 13.7. The summed E-state index contributed by atoms with van der Waals surface area (Å²) in [4.78, 5) is 0. The molecule has 2 fully saturated rings. The molecule has 0 spiro atoms. The highest BCUT2D eigenvalue weighted by molar-refractivity contribution is 8.00. The van der Waals surface area contributed by atoms with Crippen LogP contribution in [0.15, 0.2) is 0 Å². The first-order chi connectivity index (χ1) is 9.22. The van der Waals surface area contributed by atoms with Crippen molar-refractivity contribution in [1.29, 1.82) is 0 Å². The second-order valence-electron chi connectivity index (χ2n) is 6.93. The van der Waals surface area contributed by atoms with Gasteiger partial charge in [0.1, 0.15) is 0 Å². The standard InChI is InChI=1S/C17H33NS/c1-4-6-14-9-10-16(18-3)17(12-14)19-15-8-5-7-13(2)11-15/h13-18H,4-12H2,1-3H3. The predicted octanol–water partition coefficient (Wildman–Crippen LogP) is 4.86. The zero-order valence-electron chi connectivity index (χ0n) is 13.2. The Morgan fingerprint density at radius 3 is 2.63 bits per heavy atom. The quantitative estimate of drug-likeness (QED) is 0.773. The Morgan fingerprint density at radius 2 is 1.95 bits per heavy atom. The first-order valence-corrected chi connectivity index (χ1v) is 9.49. The fourth-order valence-corrected chi connectivity index (χ4v) is 6.19. The van der Waals surface area contributed by atoms with Crippen molar-refractivity contribution in [2.24, 2.45) is 11.8 Å². The lowest BCUT2D eigenvalue weighted by atomic mass is 9.83.